The number of thiol groups is 1. The highest BCUT2D eigenvalue weighted by Crippen LogP contribution is 2.23. The second-order valence-corrected chi connectivity index (χ2v) is 5.80. The van der Waals surface area contributed by atoms with Crippen LogP contribution in [0.25, 0.3) is 0 Å². The minimum absolute atomic E-state index is 0.258. The molecule has 50 valence electrons. The van der Waals surface area contributed by atoms with E-state index >= 15 is 0 Å². The van der Waals surface area contributed by atoms with E-state index < -0.39 is 0 Å². The summed E-state index contributed by atoms with van der Waals surface area (Å²) in [6.07, 6.45) is 1.11. The maximum absolute atomic E-state index is 4.26. The average molecular weight is 197 g/mol. The fraction of sp³-hybridized carbons (Fsp3) is 1.00. The van der Waals surface area contributed by atoms with Gasteiger partial charge in [-0.25, -0.2) is 0 Å². The van der Waals surface area contributed by atoms with E-state index in [4.69, 9.17) is 0 Å². The monoisotopic (exact) mass is 196 g/mol. The molecule has 1 atom stereocenters. The average Bonchev–Trinajstić information content (AvgIpc) is 1.21. The SMILES string of the molecule is CC(S)CC(C)(C)Br. The molecule has 0 nitrogen and oxygen atoms in total. The molecule has 8 heavy (non-hydrogen) atoms. The van der Waals surface area contributed by atoms with Crippen molar-refractivity contribution in [2.24, 2.45) is 0 Å². The molecule has 1 unspecified atom stereocenters. The van der Waals surface area contributed by atoms with E-state index in [2.05, 4.69) is 49.3 Å². The van der Waals surface area contributed by atoms with Crippen LogP contribution in [-0.2, 0) is 0 Å². The molecule has 0 aliphatic heterocycles. The third-order valence-corrected chi connectivity index (χ3v) is 1.29. The summed E-state index contributed by atoms with van der Waals surface area (Å²) in [7, 11) is 0. The highest BCUT2D eigenvalue weighted by atomic mass is 79.9. The van der Waals surface area contributed by atoms with Crippen LogP contribution in [0.2, 0.25) is 0 Å². The van der Waals surface area contributed by atoms with Crippen LogP contribution < -0.4 is 0 Å². The van der Waals surface area contributed by atoms with Crippen molar-refractivity contribution in [3.8, 4) is 0 Å². The zero-order valence-electron chi connectivity index (χ0n) is 5.61. The summed E-state index contributed by atoms with van der Waals surface area (Å²) >= 11 is 7.79. The standard InChI is InChI=1S/C6H13BrS/c1-5(8)4-6(2,3)7/h5,8H,4H2,1-3H3. The fourth-order valence-corrected chi connectivity index (χ4v) is 1.89. The molecule has 0 aromatic carbocycles. The van der Waals surface area contributed by atoms with Crippen LogP contribution in [0, 0.1) is 0 Å². The van der Waals surface area contributed by atoms with Crippen LogP contribution >= 0.6 is 28.6 Å². The molecule has 0 aromatic heterocycles. The van der Waals surface area contributed by atoms with Gasteiger partial charge in [0.1, 0.15) is 0 Å². The Morgan fingerprint density at radius 1 is 1.62 bits per heavy atom. The molecule has 0 saturated heterocycles. The summed E-state index contributed by atoms with van der Waals surface area (Å²) < 4.78 is 0.258. The molecule has 0 amide bonds. The molecular weight excluding hydrogens is 184 g/mol. The van der Waals surface area contributed by atoms with Gasteiger partial charge in [-0.2, -0.15) is 12.6 Å². The highest BCUT2D eigenvalue weighted by Gasteiger charge is 2.13. The minimum atomic E-state index is 0.258. The van der Waals surface area contributed by atoms with Gasteiger partial charge in [0.15, 0.2) is 0 Å². The lowest BCUT2D eigenvalue weighted by Gasteiger charge is -2.17. The van der Waals surface area contributed by atoms with Gasteiger partial charge < -0.3 is 0 Å². The van der Waals surface area contributed by atoms with Gasteiger partial charge >= 0.3 is 0 Å². The van der Waals surface area contributed by atoms with Crippen molar-refractivity contribution >= 4 is 28.6 Å². The van der Waals surface area contributed by atoms with Gasteiger partial charge in [0.25, 0.3) is 0 Å². The summed E-state index contributed by atoms with van der Waals surface area (Å²) in [5, 5.41) is 0.490. The number of hydrogen-bond acceptors (Lipinski definition) is 1. The van der Waals surface area contributed by atoms with Gasteiger partial charge in [0, 0.05) is 9.57 Å². The van der Waals surface area contributed by atoms with E-state index in [1.165, 1.54) is 0 Å². The van der Waals surface area contributed by atoms with Crippen molar-refractivity contribution in [2.45, 2.75) is 36.8 Å². The third-order valence-electron chi connectivity index (χ3n) is 0.781. The van der Waals surface area contributed by atoms with E-state index in [0.717, 1.165) is 6.42 Å². The summed E-state index contributed by atoms with van der Waals surface area (Å²) in [4.78, 5) is 0. The normalized spacial score (nSPS) is 16.1. The van der Waals surface area contributed by atoms with Crippen molar-refractivity contribution in [3.05, 3.63) is 0 Å². The topological polar surface area (TPSA) is 0 Å². The summed E-state index contributed by atoms with van der Waals surface area (Å²) in [6.45, 7) is 6.41. The third kappa shape index (κ3) is 6.83. The molecule has 0 bridgehead atoms. The van der Waals surface area contributed by atoms with E-state index in [1.54, 1.807) is 0 Å². The Hall–Kier alpha value is 0.830. The zero-order chi connectivity index (χ0) is 6.78. The van der Waals surface area contributed by atoms with Crippen LogP contribution in [0.5, 0.6) is 0 Å². The number of alkyl halides is 1. The molecule has 0 aliphatic rings. The lowest BCUT2D eigenvalue weighted by atomic mass is 10.1. The Balaban J connectivity index is 3.39. The van der Waals surface area contributed by atoms with Gasteiger partial charge in [-0.05, 0) is 6.42 Å². The predicted molar refractivity (Wildman–Crippen MR) is 46.1 cm³/mol. The number of rotatable bonds is 2. The lowest BCUT2D eigenvalue weighted by molar-refractivity contribution is 0.652. The maximum atomic E-state index is 4.26. The first-order valence-electron chi connectivity index (χ1n) is 2.79. The first-order valence-corrected chi connectivity index (χ1v) is 4.10. The van der Waals surface area contributed by atoms with Crippen LogP contribution in [0.3, 0.4) is 0 Å². The molecule has 0 radical (unpaired) electrons. The largest absolute Gasteiger partial charge is 0.176 e. The van der Waals surface area contributed by atoms with Gasteiger partial charge in [0.05, 0.1) is 0 Å². The highest BCUT2D eigenvalue weighted by molar-refractivity contribution is 9.10. The smallest absolute Gasteiger partial charge is 0.0212 e. The second kappa shape index (κ2) is 3.11. The van der Waals surface area contributed by atoms with E-state index in [9.17, 15) is 0 Å². The summed E-state index contributed by atoms with van der Waals surface area (Å²) in [5.74, 6) is 0. The van der Waals surface area contributed by atoms with Crippen LogP contribution in [0.1, 0.15) is 27.2 Å². The Bertz CT molecular complexity index is 63.4. The van der Waals surface area contributed by atoms with Crippen LogP contribution in [0.4, 0.5) is 0 Å². The molecule has 0 aliphatic carbocycles. The van der Waals surface area contributed by atoms with Gasteiger partial charge in [-0.15, -0.1) is 0 Å². The van der Waals surface area contributed by atoms with Crippen molar-refractivity contribution in [1.82, 2.24) is 0 Å². The Morgan fingerprint density at radius 2 is 2.00 bits per heavy atom. The van der Waals surface area contributed by atoms with Gasteiger partial charge in [0.2, 0.25) is 0 Å². The molecule has 0 saturated carbocycles. The second-order valence-electron chi connectivity index (χ2n) is 2.77. The maximum Gasteiger partial charge on any atom is 0.0212 e. The zero-order valence-corrected chi connectivity index (χ0v) is 8.09. The summed E-state index contributed by atoms with van der Waals surface area (Å²) in [5.41, 5.74) is 0. The van der Waals surface area contributed by atoms with Gasteiger partial charge in [-0.3, -0.25) is 0 Å². The molecule has 2 heteroatoms. The van der Waals surface area contributed by atoms with Crippen molar-refractivity contribution in [3.63, 3.8) is 0 Å². The predicted octanol–water partition coefficient (Wildman–Crippen LogP) is 2.87. The minimum Gasteiger partial charge on any atom is -0.176 e. The van der Waals surface area contributed by atoms with Crippen molar-refractivity contribution in [2.75, 3.05) is 0 Å². The van der Waals surface area contributed by atoms with Crippen molar-refractivity contribution in [1.29, 1.82) is 0 Å². The first kappa shape index (κ1) is 8.83. The fourth-order valence-electron chi connectivity index (χ4n) is 0.702. The molecular formula is C6H13BrS. The van der Waals surface area contributed by atoms with E-state index in [-0.39, 0.29) is 4.32 Å². The number of halogens is 1. The van der Waals surface area contributed by atoms with E-state index in [1.807, 2.05) is 0 Å². The molecule has 0 aromatic rings. The van der Waals surface area contributed by atoms with Crippen molar-refractivity contribution < 1.29 is 0 Å². The van der Waals surface area contributed by atoms with Gasteiger partial charge in [-0.1, -0.05) is 36.7 Å². The Morgan fingerprint density at radius 3 is 2.00 bits per heavy atom. The van der Waals surface area contributed by atoms with Crippen LogP contribution in [-0.4, -0.2) is 9.57 Å². The lowest BCUT2D eigenvalue weighted by Crippen LogP contribution is -2.13. The first-order chi connectivity index (χ1) is 3.42. The van der Waals surface area contributed by atoms with E-state index in [0.29, 0.717) is 5.25 Å². The number of hydrogen-bond donors (Lipinski definition) is 1. The quantitative estimate of drug-likeness (QED) is 0.510. The molecule has 0 N–H and O–H groups in total. The molecule has 0 heterocycles. The molecule has 0 spiro atoms. The Labute approximate surface area is 65.6 Å². The Kier molecular flexibility index (Phi) is 3.44. The van der Waals surface area contributed by atoms with Crippen LogP contribution in [0.15, 0.2) is 0 Å². The summed E-state index contributed by atoms with van der Waals surface area (Å²) in [6, 6.07) is 0. The molecule has 0 fully saturated rings. The molecule has 0 rings (SSSR count).